The summed E-state index contributed by atoms with van der Waals surface area (Å²) in [6.07, 6.45) is 1.74. The minimum atomic E-state index is 0.221. The summed E-state index contributed by atoms with van der Waals surface area (Å²) >= 11 is 5.77. The van der Waals surface area contributed by atoms with Crippen molar-refractivity contribution in [2.24, 2.45) is 0 Å². The highest BCUT2D eigenvalue weighted by atomic mass is 35.5. The van der Waals surface area contributed by atoms with Gasteiger partial charge in [-0.3, -0.25) is 0 Å². The average molecular weight is 276 g/mol. The smallest absolute Gasteiger partial charge is 0.129 e. The van der Waals surface area contributed by atoms with Gasteiger partial charge in [0.2, 0.25) is 0 Å². The van der Waals surface area contributed by atoms with Crippen LogP contribution < -0.4 is 10.2 Å². The number of aromatic nitrogens is 1. The molecule has 100 valence electrons. The summed E-state index contributed by atoms with van der Waals surface area (Å²) in [7, 11) is 4.08. The SMILES string of the molecule is CC(Nc1ccc(Cl)nc1)c1ccc(N(C)C)cc1. The Balaban J connectivity index is 2.07. The number of halogens is 1. The van der Waals surface area contributed by atoms with Crippen LogP contribution in [0.3, 0.4) is 0 Å². The first-order chi connectivity index (χ1) is 9.06. The fourth-order valence-electron chi connectivity index (χ4n) is 1.86. The van der Waals surface area contributed by atoms with Crippen molar-refractivity contribution in [1.29, 1.82) is 0 Å². The molecule has 0 amide bonds. The summed E-state index contributed by atoms with van der Waals surface area (Å²) in [6.45, 7) is 2.12. The Morgan fingerprint density at radius 1 is 1.11 bits per heavy atom. The summed E-state index contributed by atoms with van der Waals surface area (Å²) in [4.78, 5) is 6.15. The number of hydrogen-bond acceptors (Lipinski definition) is 3. The molecule has 19 heavy (non-hydrogen) atoms. The zero-order valence-electron chi connectivity index (χ0n) is 11.4. The van der Waals surface area contributed by atoms with Crippen LogP contribution in [-0.4, -0.2) is 19.1 Å². The largest absolute Gasteiger partial charge is 0.378 e. The Morgan fingerprint density at radius 3 is 2.32 bits per heavy atom. The number of benzene rings is 1. The van der Waals surface area contributed by atoms with Crippen LogP contribution in [0.2, 0.25) is 5.15 Å². The van der Waals surface area contributed by atoms with E-state index in [2.05, 4.69) is 46.4 Å². The molecule has 4 heteroatoms. The van der Waals surface area contributed by atoms with Crippen molar-refractivity contribution >= 4 is 23.0 Å². The first-order valence-electron chi connectivity index (χ1n) is 6.21. The summed E-state index contributed by atoms with van der Waals surface area (Å²) in [5.74, 6) is 0. The molecule has 2 rings (SSSR count). The first kappa shape index (κ1) is 13.7. The molecule has 0 saturated carbocycles. The highest BCUT2D eigenvalue weighted by molar-refractivity contribution is 6.29. The third kappa shape index (κ3) is 3.61. The van der Waals surface area contributed by atoms with E-state index >= 15 is 0 Å². The van der Waals surface area contributed by atoms with E-state index in [9.17, 15) is 0 Å². The molecular weight excluding hydrogens is 258 g/mol. The van der Waals surface area contributed by atoms with Gasteiger partial charge < -0.3 is 10.2 Å². The van der Waals surface area contributed by atoms with Crippen LogP contribution in [0.15, 0.2) is 42.6 Å². The van der Waals surface area contributed by atoms with Crippen molar-refractivity contribution in [2.75, 3.05) is 24.3 Å². The lowest BCUT2D eigenvalue weighted by atomic mass is 10.1. The van der Waals surface area contributed by atoms with Gasteiger partial charge in [-0.25, -0.2) is 4.98 Å². The maximum absolute atomic E-state index is 5.77. The van der Waals surface area contributed by atoms with Crippen LogP contribution in [0.4, 0.5) is 11.4 Å². The normalized spacial score (nSPS) is 12.0. The summed E-state index contributed by atoms with van der Waals surface area (Å²) in [5, 5.41) is 3.91. The highest BCUT2D eigenvalue weighted by Crippen LogP contribution is 2.21. The number of nitrogens with zero attached hydrogens (tertiary/aromatic N) is 2. The van der Waals surface area contributed by atoms with Crippen LogP contribution in [0.5, 0.6) is 0 Å². The fourth-order valence-corrected chi connectivity index (χ4v) is 1.97. The quantitative estimate of drug-likeness (QED) is 0.856. The van der Waals surface area contributed by atoms with Gasteiger partial charge >= 0.3 is 0 Å². The summed E-state index contributed by atoms with van der Waals surface area (Å²) < 4.78 is 0. The van der Waals surface area contributed by atoms with Crippen LogP contribution >= 0.6 is 11.6 Å². The van der Waals surface area contributed by atoms with Gasteiger partial charge in [-0.1, -0.05) is 23.7 Å². The summed E-state index contributed by atoms with van der Waals surface area (Å²) in [5.41, 5.74) is 3.40. The number of nitrogens with one attached hydrogen (secondary N) is 1. The molecular formula is C15H18ClN3. The lowest BCUT2D eigenvalue weighted by molar-refractivity contribution is 0.882. The van der Waals surface area contributed by atoms with Crippen molar-refractivity contribution in [3.05, 3.63) is 53.3 Å². The molecule has 1 heterocycles. The van der Waals surface area contributed by atoms with Gasteiger partial charge in [0.05, 0.1) is 11.9 Å². The van der Waals surface area contributed by atoms with E-state index in [0.717, 1.165) is 5.69 Å². The van der Waals surface area contributed by atoms with E-state index in [4.69, 9.17) is 11.6 Å². The van der Waals surface area contributed by atoms with Crippen molar-refractivity contribution < 1.29 is 0 Å². The van der Waals surface area contributed by atoms with Crippen LogP contribution in [0.25, 0.3) is 0 Å². The molecule has 0 bridgehead atoms. The Morgan fingerprint density at radius 2 is 1.79 bits per heavy atom. The Hall–Kier alpha value is -1.74. The molecule has 1 aromatic carbocycles. The third-order valence-corrected chi connectivity index (χ3v) is 3.24. The van der Waals surface area contributed by atoms with Gasteiger partial charge in [-0.2, -0.15) is 0 Å². The summed E-state index contributed by atoms with van der Waals surface area (Å²) in [6, 6.07) is 12.4. The molecule has 0 aliphatic rings. The molecule has 2 aromatic rings. The van der Waals surface area contributed by atoms with Crippen molar-refractivity contribution in [3.63, 3.8) is 0 Å². The molecule has 0 radical (unpaired) electrons. The molecule has 0 fully saturated rings. The fraction of sp³-hybridized carbons (Fsp3) is 0.267. The van der Waals surface area contributed by atoms with Gasteiger partial charge in [-0.05, 0) is 36.8 Å². The molecule has 1 unspecified atom stereocenters. The second kappa shape index (κ2) is 5.93. The molecule has 1 aromatic heterocycles. The van der Waals surface area contributed by atoms with E-state index < -0.39 is 0 Å². The van der Waals surface area contributed by atoms with Gasteiger partial charge in [0, 0.05) is 25.8 Å². The van der Waals surface area contributed by atoms with Crippen molar-refractivity contribution in [3.8, 4) is 0 Å². The van der Waals surface area contributed by atoms with Gasteiger partial charge in [0.25, 0.3) is 0 Å². The first-order valence-corrected chi connectivity index (χ1v) is 6.59. The molecule has 0 saturated heterocycles. The van der Waals surface area contributed by atoms with E-state index in [1.54, 1.807) is 12.3 Å². The van der Waals surface area contributed by atoms with E-state index in [1.165, 1.54) is 11.3 Å². The highest BCUT2D eigenvalue weighted by Gasteiger charge is 2.06. The minimum Gasteiger partial charge on any atom is -0.378 e. The maximum Gasteiger partial charge on any atom is 0.129 e. The van der Waals surface area contributed by atoms with Gasteiger partial charge in [0.15, 0.2) is 0 Å². The Bertz CT molecular complexity index is 520. The lowest BCUT2D eigenvalue weighted by Crippen LogP contribution is -2.10. The monoisotopic (exact) mass is 275 g/mol. The molecule has 1 atom stereocenters. The molecule has 0 aliphatic heterocycles. The van der Waals surface area contributed by atoms with Crippen LogP contribution in [0.1, 0.15) is 18.5 Å². The van der Waals surface area contributed by atoms with Crippen molar-refractivity contribution in [2.45, 2.75) is 13.0 Å². The molecule has 0 spiro atoms. The zero-order valence-corrected chi connectivity index (χ0v) is 12.1. The van der Waals surface area contributed by atoms with Crippen molar-refractivity contribution in [1.82, 2.24) is 4.98 Å². The van der Waals surface area contributed by atoms with E-state index in [0.29, 0.717) is 5.15 Å². The predicted octanol–water partition coefficient (Wildman–Crippen LogP) is 3.97. The second-order valence-corrected chi connectivity index (χ2v) is 5.11. The predicted molar refractivity (Wildman–Crippen MR) is 82.1 cm³/mol. The molecule has 3 nitrogen and oxygen atoms in total. The van der Waals surface area contributed by atoms with E-state index in [1.807, 2.05) is 20.2 Å². The standard InChI is InChI=1S/C15H18ClN3/c1-11(18-13-6-9-15(16)17-10-13)12-4-7-14(8-5-12)19(2)3/h4-11,18H,1-3H3. The third-order valence-electron chi connectivity index (χ3n) is 3.02. The Kier molecular flexibility index (Phi) is 4.27. The Labute approximate surface area is 119 Å². The van der Waals surface area contributed by atoms with Gasteiger partial charge in [-0.15, -0.1) is 0 Å². The zero-order chi connectivity index (χ0) is 13.8. The number of anilines is 2. The molecule has 1 N–H and O–H groups in total. The average Bonchev–Trinajstić information content (AvgIpc) is 2.41. The van der Waals surface area contributed by atoms with Crippen LogP contribution in [0, 0.1) is 0 Å². The minimum absolute atomic E-state index is 0.221. The van der Waals surface area contributed by atoms with Gasteiger partial charge in [0.1, 0.15) is 5.15 Å². The topological polar surface area (TPSA) is 28.2 Å². The number of hydrogen-bond donors (Lipinski definition) is 1. The lowest BCUT2D eigenvalue weighted by Gasteiger charge is -2.17. The second-order valence-electron chi connectivity index (χ2n) is 4.72. The van der Waals surface area contributed by atoms with E-state index in [-0.39, 0.29) is 6.04 Å². The maximum atomic E-state index is 5.77. The number of pyridine rings is 1. The number of rotatable bonds is 4. The molecule has 0 aliphatic carbocycles. The van der Waals surface area contributed by atoms with Crippen LogP contribution in [-0.2, 0) is 0 Å².